The van der Waals surface area contributed by atoms with Crippen LogP contribution in [-0.2, 0) is 6.42 Å². The van der Waals surface area contributed by atoms with Gasteiger partial charge in [-0.1, -0.05) is 65.8 Å². The minimum absolute atomic E-state index is 0.327. The summed E-state index contributed by atoms with van der Waals surface area (Å²) in [6.07, 6.45) is -0.124. The fourth-order valence-electron chi connectivity index (χ4n) is 3.07. The molecule has 4 rings (SSSR count). The summed E-state index contributed by atoms with van der Waals surface area (Å²) in [7, 11) is 0. The summed E-state index contributed by atoms with van der Waals surface area (Å²) in [5.74, 6) is 0.830. The van der Waals surface area contributed by atoms with Crippen molar-refractivity contribution in [3.63, 3.8) is 0 Å². The van der Waals surface area contributed by atoms with Gasteiger partial charge in [-0.05, 0) is 47.5 Å². The van der Waals surface area contributed by atoms with E-state index in [-0.39, 0.29) is 5.82 Å². The van der Waals surface area contributed by atoms with Crippen molar-refractivity contribution in [1.29, 1.82) is 0 Å². The Balaban J connectivity index is 1.60. The Labute approximate surface area is 183 Å². The molecule has 7 heteroatoms. The smallest absolute Gasteiger partial charge is 0.195 e. The van der Waals surface area contributed by atoms with Gasteiger partial charge in [0.05, 0.1) is 6.10 Å². The SMILES string of the molecule is OC(CSc1nnc(Cc2ccccc2)n1-c1ccc(Cl)cc1)c1ccc(F)cc1. The Kier molecular flexibility index (Phi) is 6.47. The molecule has 4 nitrogen and oxygen atoms in total. The van der Waals surface area contributed by atoms with E-state index in [0.29, 0.717) is 27.9 Å². The van der Waals surface area contributed by atoms with Gasteiger partial charge < -0.3 is 5.11 Å². The Morgan fingerprint density at radius 2 is 1.63 bits per heavy atom. The first kappa shape index (κ1) is 20.6. The van der Waals surface area contributed by atoms with Gasteiger partial charge in [-0.2, -0.15) is 0 Å². The predicted molar refractivity (Wildman–Crippen MR) is 118 cm³/mol. The minimum Gasteiger partial charge on any atom is -0.388 e. The van der Waals surface area contributed by atoms with E-state index in [9.17, 15) is 9.50 Å². The van der Waals surface area contributed by atoms with Gasteiger partial charge in [0.2, 0.25) is 0 Å². The lowest BCUT2D eigenvalue weighted by Gasteiger charge is -2.13. The molecule has 0 saturated carbocycles. The highest BCUT2D eigenvalue weighted by molar-refractivity contribution is 7.99. The molecule has 1 N–H and O–H groups in total. The number of thioether (sulfide) groups is 1. The van der Waals surface area contributed by atoms with Gasteiger partial charge in [0.15, 0.2) is 5.16 Å². The lowest BCUT2D eigenvalue weighted by molar-refractivity contribution is 0.204. The van der Waals surface area contributed by atoms with Gasteiger partial charge in [-0.25, -0.2) is 4.39 Å². The van der Waals surface area contributed by atoms with Crippen LogP contribution in [0.2, 0.25) is 5.02 Å². The topological polar surface area (TPSA) is 50.9 Å². The molecule has 4 aromatic rings. The monoisotopic (exact) mass is 439 g/mol. The standard InChI is InChI=1S/C23H19ClFN3OS/c24-18-8-12-20(13-9-18)28-22(14-16-4-2-1-3-5-16)26-27-23(28)30-15-21(29)17-6-10-19(25)11-7-17/h1-13,21,29H,14-15H2. The molecule has 0 radical (unpaired) electrons. The normalized spacial score (nSPS) is 12.1. The van der Waals surface area contributed by atoms with E-state index in [2.05, 4.69) is 10.2 Å². The number of rotatable bonds is 7. The van der Waals surface area contributed by atoms with E-state index in [1.54, 1.807) is 12.1 Å². The average molecular weight is 440 g/mol. The molecule has 0 aliphatic rings. The molecule has 1 atom stereocenters. The van der Waals surface area contributed by atoms with Crippen molar-refractivity contribution >= 4 is 23.4 Å². The van der Waals surface area contributed by atoms with Crippen molar-refractivity contribution in [2.45, 2.75) is 17.7 Å². The van der Waals surface area contributed by atoms with E-state index in [4.69, 9.17) is 11.6 Å². The summed E-state index contributed by atoms with van der Waals surface area (Å²) < 4.78 is 15.1. The summed E-state index contributed by atoms with van der Waals surface area (Å²) in [6, 6.07) is 23.4. The van der Waals surface area contributed by atoms with Crippen molar-refractivity contribution in [3.8, 4) is 5.69 Å². The number of benzene rings is 3. The molecule has 1 heterocycles. The van der Waals surface area contributed by atoms with Crippen molar-refractivity contribution in [2.75, 3.05) is 5.75 Å². The molecule has 0 bridgehead atoms. The molecule has 0 amide bonds. The predicted octanol–water partition coefficient (Wildman–Crippen LogP) is 5.48. The number of aliphatic hydroxyl groups excluding tert-OH is 1. The maximum absolute atomic E-state index is 13.1. The molecular weight excluding hydrogens is 421 g/mol. The van der Waals surface area contributed by atoms with E-state index in [0.717, 1.165) is 17.1 Å². The number of aliphatic hydroxyl groups is 1. The second-order valence-electron chi connectivity index (χ2n) is 6.75. The van der Waals surface area contributed by atoms with Crippen LogP contribution in [0.1, 0.15) is 23.1 Å². The molecule has 0 spiro atoms. The first-order valence-electron chi connectivity index (χ1n) is 9.40. The molecule has 1 unspecified atom stereocenters. The number of aromatic nitrogens is 3. The van der Waals surface area contributed by atoms with Crippen molar-refractivity contribution < 1.29 is 9.50 Å². The largest absolute Gasteiger partial charge is 0.388 e. The maximum atomic E-state index is 13.1. The highest BCUT2D eigenvalue weighted by atomic mass is 35.5. The van der Waals surface area contributed by atoms with Gasteiger partial charge in [0.25, 0.3) is 0 Å². The zero-order valence-electron chi connectivity index (χ0n) is 16.0. The Morgan fingerprint density at radius 3 is 2.33 bits per heavy atom. The maximum Gasteiger partial charge on any atom is 0.195 e. The number of hydrogen-bond donors (Lipinski definition) is 1. The summed E-state index contributed by atoms with van der Waals surface area (Å²) in [4.78, 5) is 0. The zero-order chi connectivity index (χ0) is 20.9. The Hall–Kier alpha value is -2.67. The minimum atomic E-state index is -0.747. The van der Waals surface area contributed by atoms with E-state index >= 15 is 0 Å². The van der Waals surface area contributed by atoms with Crippen LogP contribution in [0, 0.1) is 5.82 Å². The Morgan fingerprint density at radius 1 is 0.933 bits per heavy atom. The first-order valence-corrected chi connectivity index (χ1v) is 10.8. The second-order valence-corrected chi connectivity index (χ2v) is 8.17. The van der Waals surface area contributed by atoms with E-state index in [1.807, 2.05) is 59.2 Å². The van der Waals surface area contributed by atoms with Crippen molar-refractivity contribution in [3.05, 3.63) is 107 Å². The third kappa shape index (κ3) is 4.90. The van der Waals surface area contributed by atoms with Gasteiger partial charge in [-0.15, -0.1) is 10.2 Å². The van der Waals surface area contributed by atoms with Crippen LogP contribution in [0.4, 0.5) is 4.39 Å². The fraction of sp³-hybridized carbons (Fsp3) is 0.130. The van der Waals surface area contributed by atoms with Crippen LogP contribution in [-0.4, -0.2) is 25.6 Å². The van der Waals surface area contributed by atoms with E-state index < -0.39 is 6.10 Å². The highest BCUT2D eigenvalue weighted by Crippen LogP contribution is 2.28. The molecule has 3 aromatic carbocycles. The summed E-state index contributed by atoms with van der Waals surface area (Å²) in [6.45, 7) is 0. The van der Waals surface area contributed by atoms with Crippen LogP contribution in [0.5, 0.6) is 0 Å². The molecular formula is C23H19ClFN3OS. The van der Waals surface area contributed by atoms with Gasteiger partial charge in [0, 0.05) is 22.9 Å². The van der Waals surface area contributed by atoms with Gasteiger partial charge in [-0.3, -0.25) is 4.57 Å². The quantitative estimate of drug-likeness (QED) is 0.387. The third-order valence-electron chi connectivity index (χ3n) is 4.62. The lowest BCUT2D eigenvalue weighted by Crippen LogP contribution is -2.06. The van der Waals surface area contributed by atoms with Crippen LogP contribution in [0.25, 0.3) is 5.69 Å². The molecule has 152 valence electrons. The molecule has 1 aromatic heterocycles. The second kappa shape index (κ2) is 9.43. The van der Waals surface area contributed by atoms with Crippen molar-refractivity contribution in [2.24, 2.45) is 0 Å². The first-order chi connectivity index (χ1) is 14.6. The fourth-order valence-corrected chi connectivity index (χ4v) is 4.13. The Bertz CT molecular complexity index is 1100. The van der Waals surface area contributed by atoms with Crippen molar-refractivity contribution in [1.82, 2.24) is 14.8 Å². The molecule has 0 aliphatic carbocycles. The van der Waals surface area contributed by atoms with Gasteiger partial charge >= 0.3 is 0 Å². The molecule has 0 saturated heterocycles. The van der Waals surface area contributed by atoms with Crippen LogP contribution in [0.15, 0.2) is 84.0 Å². The average Bonchev–Trinajstić information content (AvgIpc) is 3.16. The highest BCUT2D eigenvalue weighted by Gasteiger charge is 2.17. The van der Waals surface area contributed by atoms with Crippen LogP contribution < -0.4 is 0 Å². The number of nitrogens with zero attached hydrogens (tertiary/aromatic N) is 3. The summed E-state index contributed by atoms with van der Waals surface area (Å²) >= 11 is 7.46. The molecule has 30 heavy (non-hydrogen) atoms. The molecule has 0 aliphatic heterocycles. The van der Waals surface area contributed by atoms with Crippen LogP contribution in [0.3, 0.4) is 0 Å². The number of hydrogen-bond acceptors (Lipinski definition) is 4. The summed E-state index contributed by atoms with van der Waals surface area (Å²) in [5.41, 5.74) is 2.68. The van der Waals surface area contributed by atoms with Crippen LogP contribution >= 0.6 is 23.4 Å². The summed E-state index contributed by atoms with van der Waals surface area (Å²) in [5, 5.41) is 20.6. The third-order valence-corrected chi connectivity index (χ3v) is 5.87. The zero-order valence-corrected chi connectivity index (χ0v) is 17.5. The molecule has 0 fully saturated rings. The van der Waals surface area contributed by atoms with Gasteiger partial charge in [0.1, 0.15) is 11.6 Å². The number of halogens is 2. The lowest BCUT2D eigenvalue weighted by atomic mass is 10.1. The van der Waals surface area contributed by atoms with E-state index in [1.165, 1.54) is 23.9 Å².